The normalized spacial score (nSPS) is 27.6. The molecule has 1 N–H and O–H groups in total. The van der Waals surface area contributed by atoms with Crippen LogP contribution in [0.5, 0.6) is 0 Å². The summed E-state index contributed by atoms with van der Waals surface area (Å²) in [5.74, 6) is -0.387. The highest BCUT2D eigenvalue weighted by atomic mass is 16.6. The Hall–Kier alpha value is -1.33. The maximum atomic E-state index is 12.2. The minimum atomic E-state index is -1.71. The molecule has 1 aromatic heterocycles. The number of esters is 1. The van der Waals surface area contributed by atoms with Gasteiger partial charge in [0.1, 0.15) is 12.3 Å². The molecule has 2 aliphatic heterocycles. The van der Waals surface area contributed by atoms with Crippen molar-refractivity contribution in [1.82, 2.24) is 0 Å². The van der Waals surface area contributed by atoms with E-state index in [2.05, 4.69) is 0 Å². The fraction of sp³-hybridized carbons (Fsp3) is 0.667. The smallest absolute Gasteiger partial charge is 0.346 e. The first-order valence-electron chi connectivity index (χ1n) is 7.34. The number of furan rings is 1. The van der Waals surface area contributed by atoms with Gasteiger partial charge in [-0.3, -0.25) is 0 Å². The van der Waals surface area contributed by atoms with Crippen LogP contribution in [0.4, 0.5) is 0 Å². The Kier molecular flexibility index (Phi) is 3.34. The molecule has 0 radical (unpaired) electrons. The zero-order chi connectivity index (χ0) is 14.2. The van der Waals surface area contributed by atoms with E-state index in [0.717, 1.165) is 24.0 Å². The molecule has 2 atom stereocenters. The lowest BCUT2D eigenvalue weighted by Crippen LogP contribution is -2.44. The molecular formula is C15H22NO4+. The second-order valence-electron chi connectivity index (χ2n) is 6.27. The number of ether oxygens (including phenoxy) is 1. The van der Waals surface area contributed by atoms with E-state index >= 15 is 0 Å². The molecule has 0 amide bonds. The Morgan fingerprint density at radius 1 is 1.45 bits per heavy atom. The Bertz CT molecular complexity index is 474. The number of carbonyl (C=O) groups excluding carboxylic acids is 1. The molecule has 110 valence electrons. The van der Waals surface area contributed by atoms with Gasteiger partial charge in [-0.2, -0.15) is 0 Å². The van der Waals surface area contributed by atoms with Gasteiger partial charge in [-0.05, 0) is 19.1 Å². The number of hydrogen-bond donors (Lipinski definition) is 1. The second kappa shape index (κ2) is 4.90. The number of rotatable bonds is 3. The summed E-state index contributed by atoms with van der Waals surface area (Å²) in [6.07, 6.45) is 4.79. The fourth-order valence-corrected chi connectivity index (χ4v) is 3.46. The van der Waals surface area contributed by atoms with Gasteiger partial charge in [-0.1, -0.05) is 0 Å². The summed E-state index contributed by atoms with van der Waals surface area (Å²) in [6.45, 7) is 5.79. The summed E-state index contributed by atoms with van der Waals surface area (Å²) in [7, 11) is 0. The van der Waals surface area contributed by atoms with Crippen LogP contribution in [0.2, 0.25) is 0 Å². The molecule has 20 heavy (non-hydrogen) atoms. The van der Waals surface area contributed by atoms with E-state index in [0.29, 0.717) is 0 Å². The molecular weight excluding hydrogens is 258 g/mol. The van der Waals surface area contributed by atoms with E-state index in [-0.39, 0.29) is 11.9 Å². The molecule has 0 bridgehead atoms. The standard InChI is InChI=1S/C15H22NO4/c1-15(18,13-5-4-10-19-13)14(17)20-12-6-9-16(11-12)7-2-3-8-16/h4-5,10,12,18H,2-3,6-9,11H2,1H3/q+1. The van der Waals surface area contributed by atoms with E-state index in [1.54, 1.807) is 12.1 Å². The third-order valence-corrected chi connectivity index (χ3v) is 4.70. The first-order chi connectivity index (χ1) is 9.52. The number of quaternary nitrogens is 1. The first-order valence-corrected chi connectivity index (χ1v) is 7.34. The summed E-state index contributed by atoms with van der Waals surface area (Å²) < 4.78 is 11.7. The lowest BCUT2D eigenvalue weighted by atomic mass is 10.0. The Morgan fingerprint density at radius 2 is 2.20 bits per heavy atom. The van der Waals surface area contributed by atoms with Crippen molar-refractivity contribution >= 4 is 5.97 Å². The average Bonchev–Trinajstić information content (AvgIpc) is 3.14. The van der Waals surface area contributed by atoms with E-state index in [4.69, 9.17) is 9.15 Å². The van der Waals surface area contributed by atoms with Crippen LogP contribution in [0.3, 0.4) is 0 Å². The van der Waals surface area contributed by atoms with Crippen molar-refractivity contribution in [2.24, 2.45) is 0 Å². The lowest BCUT2D eigenvalue weighted by Gasteiger charge is -2.29. The molecule has 3 rings (SSSR count). The number of aliphatic hydroxyl groups is 1. The van der Waals surface area contributed by atoms with Crippen molar-refractivity contribution in [3.63, 3.8) is 0 Å². The molecule has 3 heterocycles. The van der Waals surface area contributed by atoms with Crippen molar-refractivity contribution in [3.05, 3.63) is 24.2 Å². The van der Waals surface area contributed by atoms with Crippen molar-refractivity contribution in [3.8, 4) is 0 Å². The number of nitrogens with zero attached hydrogens (tertiary/aromatic N) is 1. The van der Waals surface area contributed by atoms with Crippen LogP contribution in [-0.4, -0.2) is 47.8 Å². The Labute approximate surface area is 118 Å². The molecule has 2 saturated heterocycles. The van der Waals surface area contributed by atoms with Crippen molar-refractivity contribution in [1.29, 1.82) is 0 Å². The summed E-state index contributed by atoms with van der Waals surface area (Å²) >= 11 is 0. The Morgan fingerprint density at radius 3 is 2.85 bits per heavy atom. The highest BCUT2D eigenvalue weighted by Gasteiger charge is 2.45. The fourth-order valence-electron chi connectivity index (χ4n) is 3.46. The number of carbonyl (C=O) groups is 1. The lowest BCUT2D eigenvalue weighted by molar-refractivity contribution is -0.906. The van der Waals surface area contributed by atoms with Crippen LogP contribution in [0.15, 0.2) is 22.8 Å². The van der Waals surface area contributed by atoms with Gasteiger partial charge in [0.05, 0.1) is 25.9 Å². The summed E-state index contributed by atoms with van der Waals surface area (Å²) in [5.41, 5.74) is -1.71. The van der Waals surface area contributed by atoms with Gasteiger partial charge in [0.2, 0.25) is 5.60 Å². The van der Waals surface area contributed by atoms with Gasteiger partial charge in [0.25, 0.3) is 0 Å². The monoisotopic (exact) mass is 280 g/mol. The molecule has 0 saturated carbocycles. The first kappa shape index (κ1) is 13.6. The zero-order valence-corrected chi connectivity index (χ0v) is 11.9. The van der Waals surface area contributed by atoms with Crippen LogP contribution in [0, 0.1) is 0 Å². The molecule has 1 aromatic rings. The van der Waals surface area contributed by atoms with Crippen molar-refractivity contribution in [2.45, 2.75) is 37.9 Å². The molecule has 2 fully saturated rings. The van der Waals surface area contributed by atoms with Crippen LogP contribution < -0.4 is 0 Å². The molecule has 2 unspecified atom stereocenters. The van der Waals surface area contributed by atoms with Gasteiger partial charge >= 0.3 is 5.97 Å². The third kappa shape index (κ3) is 2.36. The van der Waals surface area contributed by atoms with Crippen LogP contribution >= 0.6 is 0 Å². The van der Waals surface area contributed by atoms with Crippen molar-refractivity contribution in [2.75, 3.05) is 26.2 Å². The predicted octanol–water partition coefficient (Wildman–Crippen LogP) is 1.41. The zero-order valence-electron chi connectivity index (χ0n) is 11.9. The average molecular weight is 280 g/mol. The van der Waals surface area contributed by atoms with Crippen LogP contribution in [0.25, 0.3) is 0 Å². The molecule has 0 aliphatic carbocycles. The third-order valence-electron chi connectivity index (χ3n) is 4.70. The SMILES string of the molecule is CC(O)(C(=O)OC1CC[N+]2(CCCC2)C1)c1ccco1. The largest absolute Gasteiger partial charge is 0.466 e. The second-order valence-corrected chi connectivity index (χ2v) is 6.27. The van der Waals surface area contributed by atoms with E-state index in [9.17, 15) is 9.90 Å². The van der Waals surface area contributed by atoms with Gasteiger partial charge in [0.15, 0.2) is 6.10 Å². The Balaban J connectivity index is 1.62. The van der Waals surface area contributed by atoms with Gasteiger partial charge in [-0.25, -0.2) is 4.79 Å². The summed E-state index contributed by atoms with van der Waals surface area (Å²) in [6, 6.07) is 3.24. The van der Waals surface area contributed by atoms with Gasteiger partial charge < -0.3 is 18.7 Å². The van der Waals surface area contributed by atoms with Crippen LogP contribution in [0.1, 0.15) is 31.9 Å². The maximum absolute atomic E-state index is 12.2. The summed E-state index contributed by atoms with van der Waals surface area (Å²) in [4.78, 5) is 12.2. The maximum Gasteiger partial charge on any atom is 0.346 e. The molecule has 2 aliphatic rings. The molecule has 5 heteroatoms. The van der Waals surface area contributed by atoms with Gasteiger partial charge in [0, 0.05) is 19.3 Å². The minimum absolute atomic E-state index is 0.0814. The molecule has 5 nitrogen and oxygen atoms in total. The minimum Gasteiger partial charge on any atom is -0.466 e. The van der Waals surface area contributed by atoms with Gasteiger partial charge in [-0.15, -0.1) is 0 Å². The van der Waals surface area contributed by atoms with Crippen LogP contribution in [-0.2, 0) is 15.1 Å². The molecule has 1 spiro atoms. The number of hydrogen-bond acceptors (Lipinski definition) is 4. The molecule has 0 aromatic carbocycles. The quantitative estimate of drug-likeness (QED) is 0.672. The predicted molar refractivity (Wildman–Crippen MR) is 71.7 cm³/mol. The van der Waals surface area contributed by atoms with E-state index in [1.807, 2.05) is 0 Å². The van der Waals surface area contributed by atoms with Crippen molar-refractivity contribution < 1.29 is 23.5 Å². The summed E-state index contributed by atoms with van der Waals surface area (Å²) in [5, 5.41) is 10.3. The topological polar surface area (TPSA) is 59.7 Å². The highest BCUT2D eigenvalue weighted by molar-refractivity contribution is 5.79. The van der Waals surface area contributed by atoms with E-state index in [1.165, 1.54) is 39.1 Å². The highest BCUT2D eigenvalue weighted by Crippen LogP contribution is 2.30. The van der Waals surface area contributed by atoms with E-state index < -0.39 is 11.6 Å².